The second-order valence-corrected chi connectivity index (χ2v) is 2.56. The fourth-order valence-electron chi connectivity index (χ4n) is 0.600. The molecule has 0 saturated heterocycles. The first-order chi connectivity index (χ1) is 4.72. The van der Waals surface area contributed by atoms with E-state index in [1.165, 1.54) is 6.80 Å². The van der Waals surface area contributed by atoms with E-state index in [0.29, 0.717) is 4.37 Å². The van der Waals surface area contributed by atoms with Crippen LogP contribution >= 0.6 is 15.9 Å². The summed E-state index contributed by atoms with van der Waals surface area (Å²) in [5, 5.41) is 10.2. The number of nitrogens with zero attached hydrogens (tertiary/aromatic N) is 1. The Morgan fingerprint density at radius 1 is 1.40 bits per heavy atom. The molecule has 44 valence electrons. The average molecular weight is 193 g/mol. The van der Waals surface area contributed by atoms with E-state index in [-0.39, 0.29) is 5.58 Å². The van der Waals surface area contributed by atoms with Crippen LogP contribution < -0.4 is 0 Å². The van der Waals surface area contributed by atoms with E-state index in [2.05, 4.69) is 15.9 Å². The quantitative estimate of drug-likeness (QED) is 0.454. The van der Waals surface area contributed by atoms with Crippen molar-refractivity contribution in [3.05, 3.63) is 14.5 Å². The molecule has 0 bridgehead atoms. The van der Waals surface area contributed by atoms with Crippen LogP contribution in [0.4, 0.5) is 5.58 Å². The van der Waals surface area contributed by atoms with Crippen LogP contribution in [0.3, 0.4) is 0 Å². The van der Waals surface area contributed by atoms with Crippen molar-refractivity contribution in [1.82, 2.24) is 0 Å². The van der Waals surface area contributed by atoms with E-state index in [0.717, 1.165) is 0 Å². The van der Waals surface area contributed by atoms with Gasteiger partial charge in [0.25, 0.3) is 0 Å². The van der Waals surface area contributed by atoms with Gasteiger partial charge in [0, 0.05) is 0 Å². The van der Waals surface area contributed by atoms with Gasteiger partial charge in [-0.05, 0) is 0 Å². The van der Waals surface area contributed by atoms with Crippen molar-refractivity contribution in [3.8, 4) is 0 Å². The first kappa shape index (κ1) is 7.98. The van der Waals surface area contributed by atoms with Crippen LogP contribution in [0.2, 0.25) is 0 Å². The minimum atomic E-state index is -0.427. The molecule has 0 spiro atoms. The van der Waals surface area contributed by atoms with Crippen LogP contribution in [0.25, 0.3) is 0 Å². The van der Waals surface area contributed by atoms with Gasteiger partial charge in [-0.15, -0.1) is 0 Å². The van der Waals surface area contributed by atoms with Crippen LogP contribution in [0.1, 0.15) is 0 Å². The monoisotopic (exact) mass is 193 g/mol. The summed E-state index contributed by atoms with van der Waals surface area (Å²) in [5.41, 5.74) is 0.0995. The Hall–Kier alpha value is -0.120. The Morgan fingerprint density at radius 3 is 2.40 bits per heavy atom. The van der Waals surface area contributed by atoms with Crippen LogP contribution in [-0.4, -0.2) is 31.9 Å². The molecule has 0 aromatic carbocycles. The number of halogens is 1. The van der Waals surface area contributed by atoms with Crippen molar-refractivity contribution in [2.45, 2.75) is 0 Å². The molecule has 0 saturated carbocycles. The molecule has 0 aliphatic rings. The number of rotatable bonds is 1. The van der Waals surface area contributed by atoms with Crippen molar-refractivity contribution in [2.75, 3.05) is 0 Å². The second kappa shape index (κ2) is 3.32. The van der Waals surface area contributed by atoms with Gasteiger partial charge < -0.3 is 0 Å². The van der Waals surface area contributed by atoms with E-state index in [1.54, 1.807) is 20.2 Å². The molecule has 0 radical (unpaired) electrons. The maximum atomic E-state index is 10.2. The van der Waals surface area contributed by atoms with Gasteiger partial charge in [-0.2, -0.15) is 0 Å². The minimum absolute atomic E-state index is 0.0995. The molecule has 0 aliphatic carbocycles. The van der Waals surface area contributed by atoms with E-state index < -0.39 is 4.92 Å². The van der Waals surface area contributed by atoms with Gasteiger partial charge in [-0.1, -0.05) is 0 Å². The van der Waals surface area contributed by atoms with Crippen LogP contribution in [0, 0.1) is 10.1 Å². The zero-order valence-electron chi connectivity index (χ0n) is 4.95. The van der Waals surface area contributed by atoms with E-state index in [4.69, 9.17) is 0 Å². The Balaban J connectivity index is 3.15. The van der Waals surface area contributed by atoms with E-state index >= 15 is 0 Å². The van der Waals surface area contributed by atoms with Crippen molar-refractivity contribution in [3.63, 3.8) is 0 Å². The normalized spacial score (nSPS) is 7.70. The average Bonchev–Trinajstić information content (AvgIpc) is 1.88. The molecule has 0 N–H and O–H groups in total. The predicted molar refractivity (Wildman–Crippen MR) is 46.2 cm³/mol. The molecule has 1 aromatic rings. The predicted octanol–water partition coefficient (Wildman–Crippen LogP) is -0.290. The number of hydrogen-bond acceptors (Lipinski definition) is 2. The summed E-state index contributed by atoms with van der Waals surface area (Å²) >= 11 is 3.06. The Bertz CT molecular complexity index is 267. The molecule has 0 atom stereocenters. The third kappa shape index (κ3) is 1.68. The van der Waals surface area contributed by atoms with Gasteiger partial charge in [-0.25, -0.2) is 0 Å². The molecule has 10 heavy (non-hydrogen) atoms. The van der Waals surface area contributed by atoms with Crippen molar-refractivity contribution in [1.29, 1.82) is 0 Å². The molecular formula is C2B4BrNO2. The van der Waals surface area contributed by atoms with E-state index in [1.807, 2.05) is 0 Å². The third-order valence-corrected chi connectivity index (χ3v) is 1.72. The van der Waals surface area contributed by atoms with Crippen LogP contribution in [0.5, 0.6) is 0 Å². The SMILES string of the molecule is O=[N+]([O-])c1bbbbc1Br. The summed E-state index contributed by atoms with van der Waals surface area (Å²) < 4.78 is 0.514. The van der Waals surface area contributed by atoms with Gasteiger partial charge in [0.15, 0.2) is 0 Å². The van der Waals surface area contributed by atoms with Gasteiger partial charge in [-0.3, -0.25) is 0 Å². The van der Waals surface area contributed by atoms with Crippen molar-refractivity contribution >= 4 is 48.5 Å². The molecule has 0 unspecified atom stereocenters. The summed E-state index contributed by atoms with van der Waals surface area (Å²) in [6.45, 7) is 6.45. The zero-order valence-corrected chi connectivity index (χ0v) is 6.54. The van der Waals surface area contributed by atoms with Gasteiger partial charge >= 0.3 is 67.9 Å². The number of nitro groups is 1. The maximum absolute atomic E-state index is 10.2. The van der Waals surface area contributed by atoms with Crippen LogP contribution in [-0.2, 0) is 0 Å². The van der Waals surface area contributed by atoms with Gasteiger partial charge in [0.05, 0.1) is 0 Å². The molecule has 1 rings (SSSR count). The Morgan fingerprint density at radius 2 is 2.00 bits per heavy atom. The van der Waals surface area contributed by atoms with Gasteiger partial charge in [0.1, 0.15) is 0 Å². The molecule has 3 nitrogen and oxygen atoms in total. The Labute approximate surface area is 68.3 Å². The first-order valence-corrected chi connectivity index (χ1v) is 3.40. The molecule has 0 fully saturated rings. The summed E-state index contributed by atoms with van der Waals surface area (Å²) in [6, 6.07) is 0. The molecule has 0 aliphatic heterocycles. The molecule has 1 heterocycles. The fraction of sp³-hybridized carbons (Fsp3) is 0. The van der Waals surface area contributed by atoms with E-state index in [9.17, 15) is 10.1 Å². The zero-order chi connectivity index (χ0) is 7.56. The molecular weight excluding hydrogens is 193 g/mol. The topological polar surface area (TPSA) is 43.1 Å². The van der Waals surface area contributed by atoms with Crippen LogP contribution in [0.15, 0.2) is 4.37 Å². The summed E-state index contributed by atoms with van der Waals surface area (Å²) in [4.78, 5) is 9.77. The van der Waals surface area contributed by atoms with Crippen molar-refractivity contribution in [2.24, 2.45) is 0 Å². The number of hydrogen-bond donors (Lipinski definition) is 0. The molecule has 0 amide bonds. The van der Waals surface area contributed by atoms with Crippen molar-refractivity contribution < 1.29 is 4.92 Å². The summed E-state index contributed by atoms with van der Waals surface area (Å²) in [6.07, 6.45) is 0. The standard InChI is InChI=1S/C2B4BrNO2/c7-1-2(8(9)10)4-6-5-3-1. The second-order valence-electron chi connectivity index (χ2n) is 1.71. The first-order valence-electron chi connectivity index (χ1n) is 2.61. The molecule has 1 aromatic heterocycles. The third-order valence-electron chi connectivity index (χ3n) is 1.05. The van der Waals surface area contributed by atoms with Gasteiger partial charge in [0.2, 0.25) is 0 Å². The Kier molecular flexibility index (Phi) is 2.65. The summed E-state index contributed by atoms with van der Waals surface area (Å²) in [7, 11) is 0. The molecule has 8 heteroatoms. The summed E-state index contributed by atoms with van der Waals surface area (Å²) in [5.74, 6) is 0. The fourth-order valence-corrected chi connectivity index (χ4v) is 1.03.